The number of anilines is 1. The molecule has 0 aliphatic rings. The predicted molar refractivity (Wildman–Crippen MR) is 106 cm³/mol. The molecule has 2 aromatic carbocycles. The molecule has 0 unspecified atom stereocenters. The molecule has 0 fully saturated rings. The highest BCUT2D eigenvalue weighted by atomic mass is 35.5. The van der Waals surface area contributed by atoms with Crippen molar-refractivity contribution >= 4 is 52.5 Å². The number of ether oxygens (including phenoxy) is 1. The third kappa shape index (κ3) is 5.40. The molecule has 0 spiro atoms. The molecule has 0 aromatic heterocycles. The van der Waals surface area contributed by atoms with E-state index in [0.29, 0.717) is 32.1 Å². The van der Waals surface area contributed by atoms with Gasteiger partial charge in [-0.15, -0.1) is 0 Å². The third-order valence-electron chi connectivity index (χ3n) is 3.17. The number of halogens is 3. The SMILES string of the molecule is CC(C)Oc1ccc(/C=C(\C#N)C(=O)Nc2ccc(Cl)c(Cl)c2)cc1Cl. The van der Waals surface area contributed by atoms with E-state index in [4.69, 9.17) is 39.5 Å². The number of nitrogens with one attached hydrogen (secondary N) is 1. The lowest BCUT2D eigenvalue weighted by atomic mass is 10.1. The van der Waals surface area contributed by atoms with Crippen LogP contribution in [0, 0.1) is 11.3 Å². The van der Waals surface area contributed by atoms with Gasteiger partial charge in [0, 0.05) is 5.69 Å². The van der Waals surface area contributed by atoms with E-state index in [1.54, 1.807) is 30.3 Å². The molecule has 1 N–H and O–H groups in total. The first-order valence-electron chi connectivity index (χ1n) is 7.64. The van der Waals surface area contributed by atoms with Gasteiger partial charge in [-0.25, -0.2) is 0 Å². The summed E-state index contributed by atoms with van der Waals surface area (Å²) in [6.07, 6.45) is 1.43. The van der Waals surface area contributed by atoms with E-state index >= 15 is 0 Å². The maximum Gasteiger partial charge on any atom is 0.266 e. The summed E-state index contributed by atoms with van der Waals surface area (Å²) >= 11 is 17.9. The van der Waals surface area contributed by atoms with Gasteiger partial charge in [-0.3, -0.25) is 4.79 Å². The summed E-state index contributed by atoms with van der Waals surface area (Å²) in [6.45, 7) is 3.79. The van der Waals surface area contributed by atoms with Crippen molar-refractivity contribution in [3.63, 3.8) is 0 Å². The second-order valence-electron chi connectivity index (χ2n) is 5.61. The van der Waals surface area contributed by atoms with Crippen molar-refractivity contribution in [2.24, 2.45) is 0 Å². The molecule has 7 heteroatoms. The van der Waals surface area contributed by atoms with Gasteiger partial charge in [0.05, 0.1) is 21.2 Å². The zero-order chi connectivity index (χ0) is 19.3. The molecule has 0 aliphatic heterocycles. The van der Waals surface area contributed by atoms with Gasteiger partial charge in [0.15, 0.2) is 0 Å². The zero-order valence-corrected chi connectivity index (χ0v) is 16.3. The maximum atomic E-state index is 12.3. The molecule has 0 radical (unpaired) electrons. The van der Waals surface area contributed by atoms with E-state index in [1.807, 2.05) is 19.9 Å². The lowest BCUT2D eigenvalue weighted by molar-refractivity contribution is -0.112. The summed E-state index contributed by atoms with van der Waals surface area (Å²) in [5.74, 6) is -0.0258. The Labute approximate surface area is 166 Å². The van der Waals surface area contributed by atoms with Crippen LogP contribution >= 0.6 is 34.8 Å². The summed E-state index contributed by atoms with van der Waals surface area (Å²) in [4.78, 5) is 12.3. The first kappa shape index (κ1) is 20.1. The molecule has 1 amide bonds. The summed E-state index contributed by atoms with van der Waals surface area (Å²) in [6, 6.07) is 11.6. The molecule has 0 bridgehead atoms. The second-order valence-corrected chi connectivity index (χ2v) is 6.83. The lowest BCUT2D eigenvalue weighted by Gasteiger charge is -2.11. The summed E-state index contributed by atoms with van der Waals surface area (Å²) in [5.41, 5.74) is 0.959. The van der Waals surface area contributed by atoms with Crippen molar-refractivity contribution in [1.29, 1.82) is 5.26 Å². The third-order valence-corrected chi connectivity index (χ3v) is 4.21. The fourth-order valence-electron chi connectivity index (χ4n) is 2.04. The van der Waals surface area contributed by atoms with Crippen molar-refractivity contribution in [2.75, 3.05) is 5.32 Å². The van der Waals surface area contributed by atoms with Crippen LogP contribution in [0.5, 0.6) is 5.75 Å². The minimum Gasteiger partial charge on any atom is -0.489 e. The monoisotopic (exact) mass is 408 g/mol. The Balaban J connectivity index is 2.21. The van der Waals surface area contributed by atoms with Crippen LogP contribution in [0.1, 0.15) is 19.4 Å². The molecule has 134 valence electrons. The van der Waals surface area contributed by atoms with Gasteiger partial charge in [0.25, 0.3) is 5.91 Å². The summed E-state index contributed by atoms with van der Waals surface area (Å²) in [7, 11) is 0. The highest BCUT2D eigenvalue weighted by Gasteiger charge is 2.11. The fourth-order valence-corrected chi connectivity index (χ4v) is 2.58. The topological polar surface area (TPSA) is 62.1 Å². The highest BCUT2D eigenvalue weighted by Crippen LogP contribution is 2.28. The van der Waals surface area contributed by atoms with E-state index in [1.165, 1.54) is 12.1 Å². The number of hydrogen-bond acceptors (Lipinski definition) is 3. The minimum atomic E-state index is -0.565. The number of nitriles is 1. The van der Waals surface area contributed by atoms with Crippen molar-refractivity contribution in [3.05, 3.63) is 62.6 Å². The molecule has 26 heavy (non-hydrogen) atoms. The van der Waals surface area contributed by atoms with Crippen molar-refractivity contribution in [2.45, 2.75) is 20.0 Å². The van der Waals surface area contributed by atoms with E-state index < -0.39 is 5.91 Å². The lowest BCUT2D eigenvalue weighted by Crippen LogP contribution is -2.13. The van der Waals surface area contributed by atoms with Crippen LogP contribution in [-0.2, 0) is 4.79 Å². The fraction of sp³-hybridized carbons (Fsp3) is 0.158. The van der Waals surface area contributed by atoms with Crippen LogP contribution in [0.2, 0.25) is 15.1 Å². The van der Waals surface area contributed by atoms with Crippen molar-refractivity contribution in [3.8, 4) is 11.8 Å². The first-order valence-corrected chi connectivity index (χ1v) is 8.78. The normalized spacial score (nSPS) is 11.2. The van der Waals surface area contributed by atoms with Gasteiger partial charge in [0.1, 0.15) is 17.4 Å². The standard InChI is InChI=1S/C19H15Cl3N2O2/c1-11(2)26-18-6-3-12(8-17(18)22)7-13(10-23)19(25)24-14-4-5-15(20)16(21)9-14/h3-9,11H,1-2H3,(H,24,25)/b13-7+. The molecule has 2 rings (SSSR count). The van der Waals surface area contributed by atoms with Crippen molar-refractivity contribution in [1.82, 2.24) is 0 Å². The van der Waals surface area contributed by atoms with Crippen molar-refractivity contribution < 1.29 is 9.53 Å². The Morgan fingerprint density at radius 1 is 1.12 bits per heavy atom. The van der Waals surface area contributed by atoms with Crippen LogP contribution in [0.15, 0.2) is 42.0 Å². The zero-order valence-electron chi connectivity index (χ0n) is 14.0. The molecule has 0 heterocycles. The van der Waals surface area contributed by atoms with Crippen LogP contribution in [-0.4, -0.2) is 12.0 Å². The molecular formula is C19H15Cl3N2O2. The second kappa shape index (κ2) is 8.95. The van der Waals surface area contributed by atoms with Gasteiger partial charge in [-0.05, 0) is 55.8 Å². The van der Waals surface area contributed by atoms with E-state index in [-0.39, 0.29) is 11.7 Å². The summed E-state index contributed by atoms with van der Waals surface area (Å²) < 4.78 is 5.56. The number of hydrogen-bond donors (Lipinski definition) is 1. The Kier molecular flexibility index (Phi) is 6.93. The maximum absolute atomic E-state index is 12.3. The van der Waals surface area contributed by atoms with Crippen LogP contribution in [0.3, 0.4) is 0 Å². The van der Waals surface area contributed by atoms with Gasteiger partial charge < -0.3 is 10.1 Å². The molecule has 0 saturated carbocycles. The minimum absolute atomic E-state index is 0.0134. The van der Waals surface area contributed by atoms with E-state index in [2.05, 4.69) is 5.32 Å². The smallest absolute Gasteiger partial charge is 0.266 e. The Hall–Kier alpha value is -2.19. The number of benzene rings is 2. The average molecular weight is 410 g/mol. The van der Waals surface area contributed by atoms with Gasteiger partial charge in [-0.1, -0.05) is 40.9 Å². The van der Waals surface area contributed by atoms with Gasteiger partial charge in [0.2, 0.25) is 0 Å². The number of carbonyl (C=O) groups is 1. The van der Waals surface area contributed by atoms with Crippen LogP contribution in [0.4, 0.5) is 5.69 Å². The number of rotatable bonds is 5. The average Bonchev–Trinajstić information content (AvgIpc) is 2.58. The summed E-state index contributed by atoms with van der Waals surface area (Å²) in [5, 5.41) is 13.0. The quantitative estimate of drug-likeness (QED) is 0.488. The Bertz CT molecular complexity index is 902. The van der Waals surface area contributed by atoms with Crippen LogP contribution in [0.25, 0.3) is 6.08 Å². The number of nitrogens with zero attached hydrogens (tertiary/aromatic N) is 1. The largest absolute Gasteiger partial charge is 0.489 e. The highest BCUT2D eigenvalue weighted by molar-refractivity contribution is 6.42. The van der Waals surface area contributed by atoms with Gasteiger partial charge in [-0.2, -0.15) is 5.26 Å². The first-order chi connectivity index (χ1) is 12.3. The van der Waals surface area contributed by atoms with Gasteiger partial charge >= 0.3 is 0 Å². The van der Waals surface area contributed by atoms with E-state index in [0.717, 1.165) is 0 Å². The molecule has 0 aliphatic carbocycles. The molecular weight excluding hydrogens is 395 g/mol. The predicted octanol–water partition coefficient (Wildman–Crippen LogP) is 5.98. The number of amides is 1. The Morgan fingerprint density at radius 2 is 1.85 bits per heavy atom. The molecule has 0 atom stereocenters. The van der Waals surface area contributed by atoms with E-state index in [9.17, 15) is 10.1 Å². The van der Waals surface area contributed by atoms with Crippen LogP contribution < -0.4 is 10.1 Å². The molecule has 2 aromatic rings. The molecule has 4 nitrogen and oxygen atoms in total. The number of carbonyl (C=O) groups excluding carboxylic acids is 1. The Morgan fingerprint density at radius 3 is 2.42 bits per heavy atom. The molecule has 0 saturated heterocycles.